The summed E-state index contributed by atoms with van der Waals surface area (Å²) < 4.78 is 37.0. The van der Waals surface area contributed by atoms with Crippen molar-refractivity contribution in [1.29, 1.82) is 0 Å². The number of aromatic nitrogens is 1. The van der Waals surface area contributed by atoms with Gasteiger partial charge in [-0.2, -0.15) is 13.2 Å². The van der Waals surface area contributed by atoms with Crippen molar-refractivity contribution in [1.82, 2.24) is 15.2 Å². The standard InChI is InChI=1S/C21H27N3O3.C2HF3O2/c1-27-18-6-7-19-15(11-18)10-16(20(25)23-19)12-22-17-8-9-24(13-17)21(26)14-4-2-3-5-14;3-2(4,5)1(6)7/h6-7,10-11,14,17,22H,2-5,8-9,12-13H2,1H3,(H,23,25);(H,6,7). The SMILES string of the molecule is COc1ccc2[nH]c(=O)c(CNC3CCN(C(=O)C4CCCC4)C3)cc2c1.O=C(O)C(F)(F)F. The maximum Gasteiger partial charge on any atom is 0.490 e. The minimum atomic E-state index is -5.08. The van der Waals surface area contributed by atoms with Crippen molar-refractivity contribution >= 4 is 22.8 Å². The summed E-state index contributed by atoms with van der Waals surface area (Å²) in [4.78, 5) is 38.7. The van der Waals surface area contributed by atoms with Gasteiger partial charge >= 0.3 is 12.1 Å². The van der Waals surface area contributed by atoms with E-state index in [9.17, 15) is 22.8 Å². The zero-order valence-corrected chi connectivity index (χ0v) is 18.8. The Bertz CT molecular complexity index is 1080. The predicted molar refractivity (Wildman–Crippen MR) is 119 cm³/mol. The Balaban J connectivity index is 0.000000406. The van der Waals surface area contributed by atoms with E-state index in [0.29, 0.717) is 18.0 Å². The van der Waals surface area contributed by atoms with Crippen LogP contribution in [-0.2, 0) is 16.1 Å². The van der Waals surface area contributed by atoms with Crippen molar-refractivity contribution in [2.45, 2.75) is 50.9 Å². The van der Waals surface area contributed by atoms with Crippen molar-refractivity contribution in [3.8, 4) is 5.75 Å². The number of hydrogen-bond acceptors (Lipinski definition) is 5. The zero-order valence-electron chi connectivity index (χ0n) is 18.8. The molecule has 2 heterocycles. The number of amides is 1. The van der Waals surface area contributed by atoms with Crippen LogP contribution >= 0.6 is 0 Å². The summed E-state index contributed by atoms with van der Waals surface area (Å²) in [6, 6.07) is 7.78. The number of fused-ring (bicyclic) bond motifs is 1. The Morgan fingerprint density at radius 3 is 2.50 bits per heavy atom. The van der Waals surface area contributed by atoms with Gasteiger partial charge in [0.25, 0.3) is 5.56 Å². The number of aliphatic carboxylic acids is 1. The molecule has 2 aliphatic rings. The first-order valence-corrected chi connectivity index (χ1v) is 11.1. The summed E-state index contributed by atoms with van der Waals surface area (Å²) in [7, 11) is 1.63. The Morgan fingerprint density at radius 1 is 1.21 bits per heavy atom. The first-order valence-electron chi connectivity index (χ1n) is 11.1. The number of carbonyl (C=O) groups is 2. The molecule has 8 nitrogen and oxygen atoms in total. The van der Waals surface area contributed by atoms with Crippen LogP contribution in [0.1, 0.15) is 37.7 Å². The number of H-pyrrole nitrogens is 1. The summed E-state index contributed by atoms with van der Waals surface area (Å²) >= 11 is 0. The number of aromatic amines is 1. The van der Waals surface area contributed by atoms with Gasteiger partial charge in [0.05, 0.1) is 7.11 Å². The van der Waals surface area contributed by atoms with Crippen LogP contribution < -0.4 is 15.6 Å². The van der Waals surface area contributed by atoms with Crippen LogP contribution in [0.4, 0.5) is 13.2 Å². The van der Waals surface area contributed by atoms with Crippen molar-refractivity contribution in [3.63, 3.8) is 0 Å². The van der Waals surface area contributed by atoms with E-state index in [1.165, 1.54) is 12.8 Å². The van der Waals surface area contributed by atoms with Gasteiger partial charge in [0.15, 0.2) is 0 Å². The number of pyridine rings is 1. The number of halogens is 3. The molecule has 4 rings (SSSR count). The lowest BCUT2D eigenvalue weighted by atomic mass is 10.1. The molecule has 2 fully saturated rings. The van der Waals surface area contributed by atoms with E-state index in [-0.39, 0.29) is 17.5 Å². The van der Waals surface area contributed by atoms with E-state index in [0.717, 1.165) is 49.0 Å². The smallest absolute Gasteiger partial charge is 0.490 e. The molecule has 186 valence electrons. The Labute approximate surface area is 194 Å². The number of hydrogen-bond donors (Lipinski definition) is 3. The van der Waals surface area contributed by atoms with Gasteiger partial charge in [0.1, 0.15) is 5.75 Å². The van der Waals surface area contributed by atoms with Crippen LogP contribution in [0.25, 0.3) is 10.9 Å². The molecule has 1 aliphatic heterocycles. The molecule has 2 aromatic rings. The lowest BCUT2D eigenvalue weighted by Gasteiger charge is -2.20. The van der Waals surface area contributed by atoms with Crippen molar-refractivity contribution < 1.29 is 32.6 Å². The van der Waals surface area contributed by atoms with Crippen LogP contribution in [0.15, 0.2) is 29.1 Å². The van der Waals surface area contributed by atoms with E-state index in [4.69, 9.17) is 14.6 Å². The van der Waals surface area contributed by atoms with Crippen LogP contribution in [0.5, 0.6) is 5.75 Å². The number of benzene rings is 1. The molecule has 1 aromatic carbocycles. The van der Waals surface area contributed by atoms with Gasteiger partial charge in [-0.3, -0.25) is 9.59 Å². The molecule has 0 spiro atoms. The van der Waals surface area contributed by atoms with Crippen molar-refractivity contribution in [3.05, 3.63) is 40.2 Å². The highest BCUT2D eigenvalue weighted by Gasteiger charge is 2.38. The first-order chi connectivity index (χ1) is 16.1. The molecule has 1 saturated heterocycles. The largest absolute Gasteiger partial charge is 0.497 e. The number of carboxylic acids is 1. The molecule has 3 N–H and O–H groups in total. The van der Waals surface area contributed by atoms with Gasteiger partial charge in [-0.05, 0) is 43.5 Å². The number of likely N-dealkylation sites (tertiary alicyclic amines) is 1. The van der Waals surface area contributed by atoms with Crippen LogP contribution in [0.3, 0.4) is 0 Å². The fourth-order valence-electron chi connectivity index (χ4n) is 4.30. The molecule has 0 bridgehead atoms. The highest BCUT2D eigenvalue weighted by molar-refractivity contribution is 5.80. The summed E-state index contributed by atoms with van der Waals surface area (Å²) in [5.41, 5.74) is 1.44. The molecule has 34 heavy (non-hydrogen) atoms. The van der Waals surface area contributed by atoms with Crippen molar-refractivity contribution in [2.24, 2.45) is 5.92 Å². The Hall–Kier alpha value is -3.08. The molecular formula is C23H28F3N3O5. The summed E-state index contributed by atoms with van der Waals surface area (Å²) in [6.07, 6.45) is 0.313. The van der Waals surface area contributed by atoms with E-state index >= 15 is 0 Å². The Morgan fingerprint density at radius 2 is 1.88 bits per heavy atom. The third-order valence-corrected chi connectivity index (χ3v) is 6.16. The maximum absolute atomic E-state index is 12.6. The number of ether oxygens (including phenoxy) is 1. The molecule has 1 aliphatic carbocycles. The molecule has 1 unspecified atom stereocenters. The summed E-state index contributed by atoms with van der Waals surface area (Å²) in [5.74, 6) is -1.42. The van der Waals surface area contributed by atoms with E-state index in [1.54, 1.807) is 7.11 Å². The number of alkyl halides is 3. The number of nitrogens with one attached hydrogen (secondary N) is 2. The van der Waals surface area contributed by atoms with Crippen molar-refractivity contribution in [2.75, 3.05) is 20.2 Å². The summed E-state index contributed by atoms with van der Waals surface area (Å²) in [5, 5.41) is 11.5. The number of carbonyl (C=O) groups excluding carboxylic acids is 1. The third kappa shape index (κ3) is 6.49. The second-order valence-electron chi connectivity index (χ2n) is 8.51. The van der Waals surface area contributed by atoms with Gasteiger partial charge in [-0.25, -0.2) is 4.79 Å². The van der Waals surface area contributed by atoms with E-state index in [2.05, 4.69) is 10.3 Å². The normalized spacial score (nSPS) is 18.6. The Kier molecular flexibility index (Phi) is 8.19. The highest BCUT2D eigenvalue weighted by atomic mass is 19.4. The quantitative estimate of drug-likeness (QED) is 0.603. The lowest BCUT2D eigenvalue weighted by Crippen LogP contribution is -2.37. The topological polar surface area (TPSA) is 112 Å². The minimum absolute atomic E-state index is 0.0722. The molecule has 11 heteroatoms. The third-order valence-electron chi connectivity index (χ3n) is 6.16. The monoisotopic (exact) mass is 483 g/mol. The molecule has 1 atom stereocenters. The molecule has 1 saturated carbocycles. The number of nitrogens with zero attached hydrogens (tertiary/aromatic N) is 1. The average molecular weight is 483 g/mol. The van der Waals surface area contributed by atoms with Crippen LogP contribution in [0, 0.1) is 5.92 Å². The average Bonchev–Trinajstić information content (AvgIpc) is 3.49. The van der Waals surface area contributed by atoms with Gasteiger partial charge in [-0.15, -0.1) is 0 Å². The van der Waals surface area contributed by atoms with E-state index < -0.39 is 12.1 Å². The highest BCUT2D eigenvalue weighted by Crippen LogP contribution is 2.28. The minimum Gasteiger partial charge on any atom is -0.497 e. The molecule has 1 amide bonds. The lowest BCUT2D eigenvalue weighted by molar-refractivity contribution is -0.192. The summed E-state index contributed by atoms with van der Waals surface area (Å²) in [6.45, 7) is 2.06. The number of rotatable bonds is 5. The second kappa shape index (κ2) is 10.9. The number of methoxy groups -OCH3 is 1. The fourth-order valence-corrected chi connectivity index (χ4v) is 4.30. The van der Waals surface area contributed by atoms with Gasteiger partial charge in [-0.1, -0.05) is 12.8 Å². The van der Waals surface area contributed by atoms with Crippen LogP contribution in [0.2, 0.25) is 0 Å². The fraction of sp³-hybridized carbons (Fsp3) is 0.522. The maximum atomic E-state index is 12.6. The zero-order chi connectivity index (χ0) is 24.9. The van der Waals surface area contributed by atoms with E-state index in [1.807, 2.05) is 29.2 Å². The number of carboxylic acid groups (broad SMARTS) is 1. The van der Waals surface area contributed by atoms with Gasteiger partial charge in [0, 0.05) is 48.1 Å². The second-order valence-corrected chi connectivity index (χ2v) is 8.51. The van der Waals surface area contributed by atoms with Crippen LogP contribution in [-0.4, -0.2) is 59.3 Å². The molecule has 0 radical (unpaired) electrons. The predicted octanol–water partition coefficient (Wildman–Crippen LogP) is 3.05. The first kappa shape index (κ1) is 25.5. The van der Waals surface area contributed by atoms with Gasteiger partial charge < -0.3 is 25.0 Å². The van der Waals surface area contributed by atoms with Gasteiger partial charge in [0.2, 0.25) is 5.91 Å². The molecular weight excluding hydrogens is 455 g/mol. The molecule has 1 aromatic heterocycles.